The molecule has 1 aromatic carbocycles. The molecule has 90 valence electrons. The van der Waals surface area contributed by atoms with E-state index in [4.69, 9.17) is 5.73 Å². The van der Waals surface area contributed by atoms with E-state index >= 15 is 0 Å². The van der Waals surface area contributed by atoms with Crippen molar-refractivity contribution in [3.63, 3.8) is 0 Å². The molecule has 0 saturated heterocycles. The summed E-state index contributed by atoms with van der Waals surface area (Å²) in [6.45, 7) is 4.03. The molecule has 3 nitrogen and oxygen atoms in total. The van der Waals surface area contributed by atoms with E-state index in [2.05, 4.69) is 5.32 Å². The summed E-state index contributed by atoms with van der Waals surface area (Å²) in [7, 11) is 0. The molecule has 0 saturated carbocycles. The number of hydrogen-bond acceptors (Lipinski definition) is 2. The summed E-state index contributed by atoms with van der Waals surface area (Å²) in [4.78, 5) is 11.8. The minimum Gasteiger partial charge on any atom is -0.397 e. The summed E-state index contributed by atoms with van der Waals surface area (Å²) in [6.07, 6.45) is 1.71. The Balaban J connectivity index is 0.00000225. The first-order valence-corrected chi connectivity index (χ1v) is 5.34. The van der Waals surface area contributed by atoms with Crippen LogP contribution in [0.4, 0.5) is 11.4 Å². The largest absolute Gasteiger partial charge is 0.397 e. The Labute approximate surface area is 103 Å². The zero-order chi connectivity index (χ0) is 11.3. The highest BCUT2D eigenvalue weighted by Gasteiger charge is 2.14. The summed E-state index contributed by atoms with van der Waals surface area (Å²) >= 11 is 0. The van der Waals surface area contributed by atoms with Crippen molar-refractivity contribution in [2.75, 3.05) is 11.1 Å². The summed E-state index contributed by atoms with van der Waals surface area (Å²) in [6, 6.07) is 7.30. The van der Waals surface area contributed by atoms with Crippen molar-refractivity contribution >= 4 is 29.7 Å². The van der Waals surface area contributed by atoms with Gasteiger partial charge in [-0.05, 0) is 25.0 Å². The standard InChI is InChI=1S/C12H18N2O.ClH/c1-3-9(4-2)12(15)14-11-8-6-5-7-10(11)13;/h5-9H,3-4,13H2,1-2H3,(H,14,15);1H. The molecular weight excluding hydrogens is 224 g/mol. The summed E-state index contributed by atoms with van der Waals surface area (Å²) in [5, 5.41) is 2.85. The average Bonchev–Trinajstić information content (AvgIpc) is 2.23. The maximum Gasteiger partial charge on any atom is 0.227 e. The van der Waals surface area contributed by atoms with Crippen LogP contribution < -0.4 is 11.1 Å². The number of halogens is 1. The zero-order valence-electron chi connectivity index (χ0n) is 9.69. The van der Waals surface area contributed by atoms with E-state index in [0.717, 1.165) is 12.8 Å². The van der Waals surface area contributed by atoms with E-state index in [1.165, 1.54) is 0 Å². The second-order valence-corrected chi connectivity index (χ2v) is 3.59. The van der Waals surface area contributed by atoms with Crippen molar-refractivity contribution in [2.45, 2.75) is 26.7 Å². The first-order chi connectivity index (χ1) is 7.19. The molecule has 3 N–H and O–H groups in total. The van der Waals surface area contributed by atoms with Crippen molar-refractivity contribution in [1.29, 1.82) is 0 Å². The highest BCUT2D eigenvalue weighted by Crippen LogP contribution is 2.19. The number of para-hydroxylation sites is 2. The number of amides is 1. The fraction of sp³-hybridized carbons (Fsp3) is 0.417. The molecule has 0 unspecified atom stereocenters. The molecule has 16 heavy (non-hydrogen) atoms. The van der Waals surface area contributed by atoms with Crippen molar-refractivity contribution in [3.8, 4) is 0 Å². The third-order valence-electron chi connectivity index (χ3n) is 2.58. The smallest absolute Gasteiger partial charge is 0.227 e. The molecule has 0 spiro atoms. The summed E-state index contributed by atoms with van der Waals surface area (Å²) in [5.41, 5.74) is 7.05. The monoisotopic (exact) mass is 242 g/mol. The number of rotatable bonds is 4. The molecule has 0 fully saturated rings. The predicted octanol–water partition coefficient (Wildman–Crippen LogP) is 3.07. The molecule has 0 radical (unpaired) electrons. The lowest BCUT2D eigenvalue weighted by molar-refractivity contribution is -0.120. The topological polar surface area (TPSA) is 55.1 Å². The molecular formula is C12H19ClN2O. The molecule has 0 aromatic heterocycles. The van der Waals surface area contributed by atoms with Gasteiger partial charge in [-0.15, -0.1) is 12.4 Å². The van der Waals surface area contributed by atoms with E-state index in [1.807, 2.05) is 32.0 Å². The fourth-order valence-electron chi connectivity index (χ4n) is 1.51. The number of benzene rings is 1. The molecule has 0 atom stereocenters. The molecule has 0 aliphatic rings. The second-order valence-electron chi connectivity index (χ2n) is 3.59. The quantitative estimate of drug-likeness (QED) is 0.798. The van der Waals surface area contributed by atoms with Gasteiger partial charge in [-0.1, -0.05) is 26.0 Å². The first kappa shape index (κ1) is 14.8. The van der Waals surface area contributed by atoms with Crippen LogP contribution in [0, 0.1) is 5.92 Å². The van der Waals surface area contributed by atoms with Crippen LogP contribution in [0.25, 0.3) is 0 Å². The number of nitrogen functional groups attached to an aromatic ring is 1. The number of nitrogens with one attached hydrogen (secondary N) is 1. The Kier molecular flexibility index (Phi) is 6.58. The van der Waals surface area contributed by atoms with Crippen LogP contribution in [0.1, 0.15) is 26.7 Å². The number of carbonyl (C=O) groups excluding carboxylic acids is 1. The van der Waals surface area contributed by atoms with Crippen molar-refractivity contribution in [3.05, 3.63) is 24.3 Å². The van der Waals surface area contributed by atoms with Gasteiger partial charge in [0.1, 0.15) is 0 Å². The van der Waals surface area contributed by atoms with Crippen LogP contribution in [-0.4, -0.2) is 5.91 Å². The van der Waals surface area contributed by atoms with Gasteiger partial charge in [0.05, 0.1) is 11.4 Å². The Morgan fingerprint density at radius 3 is 2.38 bits per heavy atom. The van der Waals surface area contributed by atoms with Gasteiger partial charge in [-0.2, -0.15) is 0 Å². The maximum atomic E-state index is 11.8. The summed E-state index contributed by atoms with van der Waals surface area (Å²) in [5.74, 6) is 0.127. The normalized spacial score (nSPS) is 9.69. The van der Waals surface area contributed by atoms with Gasteiger partial charge in [0.15, 0.2) is 0 Å². The molecule has 0 aliphatic heterocycles. The first-order valence-electron chi connectivity index (χ1n) is 5.34. The molecule has 0 bridgehead atoms. The van der Waals surface area contributed by atoms with Gasteiger partial charge in [0.25, 0.3) is 0 Å². The minimum atomic E-state index is 0. The zero-order valence-corrected chi connectivity index (χ0v) is 10.5. The Bertz CT molecular complexity index is 338. The van der Waals surface area contributed by atoms with Crippen LogP contribution >= 0.6 is 12.4 Å². The van der Waals surface area contributed by atoms with E-state index < -0.39 is 0 Å². The Hall–Kier alpha value is -1.22. The van der Waals surface area contributed by atoms with Gasteiger partial charge in [-0.3, -0.25) is 4.79 Å². The van der Waals surface area contributed by atoms with Crippen LogP contribution in [-0.2, 0) is 4.79 Å². The van der Waals surface area contributed by atoms with Gasteiger partial charge >= 0.3 is 0 Å². The molecule has 0 aliphatic carbocycles. The van der Waals surface area contributed by atoms with Crippen molar-refractivity contribution in [2.24, 2.45) is 5.92 Å². The number of anilines is 2. The van der Waals surface area contributed by atoms with Crippen molar-refractivity contribution in [1.82, 2.24) is 0 Å². The van der Waals surface area contributed by atoms with Crippen LogP contribution in [0.2, 0.25) is 0 Å². The van der Waals surface area contributed by atoms with E-state index in [1.54, 1.807) is 6.07 Å². The summed E-state index contributed by atoms with van der Waals surface area (Å²) < 4.78 is 0. The van der Waals surface area contributed by atoms with Crippen LogP contribution in [0.15, 0.2) is 24.3 Å². The lowest BCUT2D eigenvalue weighted by Gasteiger charge is -2.13. The minimum absolute atomic E-state index is 0. The van der Waals surface area contributed by atoms with E-state index in [0.29, 0.717) is 11.4 Å². The number of carbonyl (C=O) groups is 1. The molecule has 4 heteroatoms. The SMILES string of the molecule is CCC(CC)C(=O)Nc1ccccc1N.Cl. The Morgan fingerprint density at radius 2 is 1.88 bits per heavy atom. The lowest BCUT2D eigenvalue weighted by atomic mass is 10.0. The average molecular weight is 243 g/mol. The molecule has 0 heterocycles. The fourth-order valence-corrected chi connectivity index (χ4v) is 1.51. The maximum absolute atomic E-state index is 11.8. The van der Waals surface area contributed by atoms with Gasteiger partial charge in [-0.25, -0.2) is 0 Å². The third kappa shape index (κ3) is 3.74. The Morgan fingerprint density at radius 1 is 1.31 bits per heavy atom. The van der Waals surface area contributed by atoms with E-state index in [9.17, 15) is 4.79 Å². The lowest BCUT2D eigenvalue weighted by Crippen LogP contribution is -2.22. The van der Waals surface area contributed by atoms with Crippen molar-refractivity contribution < 1.29 is 4.79 Å². The van der Waals surface area contributed by atoms with Gasteiger partial charge < -0.3 is 11.1 Å². The third-order valence-corrected chi connectivity index (χ3v) is 2.58. The highest BCUT2D eigenvalue weighted by molar-refractivity contribution is 5.95. The predicted molar refractivity (Wildman–Crippen MR) is 70.8 cm³/mol. The van der Waals surface area contributed by atoms with E-state index in [-0.39, 0.29) is 24.2 Å². The highest BCUT2D eigenvalue weighted by atomic mass is 35.5. The second kappa shape index (κ2) is 7.12. The molecule has 1 aromatic rings. The van der Waals surface area contributed by atoms with Gasteiger partial charge in [0.2, 0.25) is 5.91 Å². The molecule has 1 rings (SSSR count). The number of hydrogen-bond donors (Lipinski definition) is 2. The molecule has 1 amide bonds. The van der Waals surface area contributed by atoms with Crippen LogP contribution in [0.5, 0.6) is 0 Å². The number of nitrogens with two attached hydrogens (primary N) is 1. The van der Waals surface area contributed by atoms with Gasteiger partial charge in [0, 0.05) is 5.92 Å². The van der Waals surface area contributed by atoms with Crippen LogP contribution in [0.3, 0.4) is 0 Å².